The van der Waals surface area contributed by atoms with Crippen LogP contribution in [0.2, 0.25) is 0 Å². The molecule has 106 valence electrons. The highest BCUT2D eigenvalue weighted by Crippen LogP contribution is 2.37. The van der Waals surface area contributed by atoms with Crippen LogP contribution in [-0.2, 0) is 9.47 Å². The number of fused-ring (bicyclic) bond motifs is 2. The quantitative estimate of drug-likeness (QED) is 0.573. The third kappa shape index (κ3) is 3.76. The number of terminal acetylenes is 1. The number of alkyl halides is 2. The van der Waals surface area contributed by atoms with Gasteiger partial charge in [0.1, 0.15) is 0 Å². The molecule has 2 nitrogen and oxygen atoms in total. The Bertz CT molecular complexity index is 366. The predicted molar refractivity (Wildman–Crippen MR) is 81.8 cm³/mol. The second kappa shape index (κ2) is 7.13. The van der Waals surface area contributed by atoms with Gasteiger partial charge in [-0.15, -0.1) is 18.0 Å². The first-order chi connectivity index (χ1) is 9.15. The van der Waals surface area contributed by atoms with Crippen molar-refractivity contribution >= 4 is 27.5 Å². The zero-order valence-electron chi connectivity index (χ0n) is 11.1. The molecule has 2 heterocycles. The van der Waals surface area contributed by atoms with E-state index in [1.54, 1.807) is 6.08 Å². The fourth-order valence-electron chi connectivity index (χ4n) is 2.78. The van der Waals surface area contributed by atoms with E-state index >= 15 is 0 Å². The minimum Gasteiger partial charge on any atom is -0.371 e. The van der Waals surface area contributed by atoms with Crippen molar-refractivity contribution in [2.75, 3.05) is 0 Å². The first-order valence-corrected chi connectivity index (χ1v) is 8.21. The third-order valence-corrected chi connectivity index (χ3v) is 5.24. The van der Waals surface area contributed by atoms with Gasteiger partial charge in [0, 0.05) is 11.2 Å². The number of hydrogen-bond donors (Lipinski definition) is 0. The second-order valence-electron chi connectivity index (χ2n) is 5.14. The Morgan fingerprint density at radius 3 is 2.74 bits per heavy atom. The fourth-order valence-corrected chi connectivity index (χ4v) is 4.25. The Hall–Kier alpha value is -0.0100. The highest BCUT2D eigenvalue weighted by atomic mass is 79.9. The molecule has 0 spiro atoms. The molecule has 0 N–H and O–H groups in total. The third-order valence-electron chi connectivity index (χ3n) is 3.82. The Labute approximate surface area is 129 Å². The summed E-state index contributed by atoms with van der Waals surface area (Å²) in [7, 11) is 0. The van der Waals surface area contributed by atoms with Gasteiger partial charge in [0.15, 0.2) is 0 Å². The first-order valence-electron chi connectivity index (χ1n) is 6.85. The molecule has 2 bridgehead atoms. The fraction of sp³-hybridized carbons (Fsp3) is 0.733. The van der Waals surface area contributed by atoms with Gasteiger partial charge in [-0.25, -0.2) is 0 Å². The Morgan fingerprint density at radius 2 is 2.05 bits per heavy atom. The van der Waals surface area contributed by atoms with Gasteiger partial charge in [0.05, 0.1) is 29.8 Å². The van der Waals surface area contributed by atoms with Crippen molar-refractivity contribution in [1.82, 2.24) is 0 Å². The van der Waals surface area contributed by atoms with Crippen molar-refractivity contribution in [3.8, 4) is 12.3 Å². The van der Waals surface area contributed by atoms with Crippen molar-refractivity contribution < 1.29 is 9.47 Å². The van der Waals surface area contributed by atoms with E-state index in [0.717, 1.165) is 25.7 Å². The second-order valence-corrected chi connectivity index (χ2v) is 6.88. The van der Waals surface area contributed by atoms with Crippen LogP contribution in [0.3, 0.4) is 0 Å². The summed E-state index contributed by atoms with van der Waals surface area (Å²) in [6.07, 6.45) is 12.9. The van der Waals surface area contributed by atoms with Crippen LogP contribution in [-0.4, -0.2) is 34.6 Å². The molecule has 0 aromatic carbocycles. The first kappa shape index (κ1) is 15.4. The minimum absolute atomic E-state index is 0.0476. The van der Waals surface area contributed by atoms with Gasteiger partial charge in [-0.2, -0.15) is 0 Å². The summed E-state index contributed by atoms with van der Waals surface area (Å²) in [6.45, 7) is 2.14. The van der Waals surface area contributed by atoms with E-state index in [-0.39, 0.29) is 29.8 Å². The summed E-state index contributed by atoms with van der Waals surface area (Å²) in [4.78, 5) is 0.300. The van der Waals surface area contributed by atoms with E-state index in [4.69, 9.17) is 27.5 Å². The minimum atomic E-state index is 0.0476. The van der Waals surface area contributed by atoms with Crippen LogP contribution in [0.5, 0.6) is 0 Å². The predicted octanol–water partition coefficient (Wildman–Crippen LogP) is 3.66. The molecule has 19 heavy (non-hydrogen) atoms. The van der Waals surface area contributed by atoms with Gasteiger partial charge in [0.25, 0.3) is 0 Å². The zero-order chi connectivity index (χ0) is 13.8. The standard InChI is InChI=1S/C15H20BrClO2/c1-3-5-6-7-13-15-9-14(19-13)11(17)8-10(16)12(4-2)18-15/h1,5-6,10-15H,4,7-9H2,2H3/b6-5+/t10-,11-,12?,13?,14-,15-/m0/s1. The van der Waals surface area contributed by atoms with Gasteiger partial charge in [0.2, 0.25) is 0 Å². The van der Waals surface area contributed by atoms with E-state index in [9.17, 15) is 0 Å². The van der Waals surface area contributed by atoms with Crippen LogP contribution in [0, 0.1) is 12.3 Å². The molecule has 2 aliphatic heterocycles. The lowest BCUT2D eigenvalue weighted by molar-refractivity contribution is -0.0500. The van der Waals surface area contributed by atoms with Gasteiger partial charge >= 0.3 is 0 Å². The molecular weight excluding hydrogens is 328 g/mol. The highest BCUT2D eigenvalue weighted by molar-refractivity contribution is 9.09. The van der Waals surface area contributed by atoms with Crippen LogP contribution in [0.25, 0.3) is 0 Å². The van der Waals surface area contributed by atoms with E-state index in [0.29, 0.717) is 4.83 Å². The maximum atomic E-state index is 6.47. The van der Waals surface area contributed by atoms with E-state index in [1.165, 1.54) is 0 Å². The molecule has 0 amide bonds. The summed E-state index contributed by atoms with van der Waals surface area (Å²) < 4.78 is 12.3. The van der Waals surface area contributed by atoms with Crippen molar-refractivity contribution in [2.45, 2.75) is 67.2 Å². The smallest absolute Gasteiger partial charge is 0.0876 e. The van der Waals surface area contributed by atoms with Crippen LogP contribution in [0.15, 0.2) is 12.2 Å². The van der Waals surface area contributed by atoms with Crippen molar-refractivity contribution in [3.05, 3.63) is 12.2 Å². The number of ether oxygens (including phenoxy) is 2. The Balaban J connectivity index is 2.07. The molecule has 2 fully saturated rings. The summed E-state index contributed by atoms with van der Waals surface area (Å²) in [5.41, 5.74) is 0. The molecule has 2 saturated heterocycles. The molecular formula is C15H20BrClO2. The molecule has 0 saturated carbocycles. The topological polar surface area (TPSA) is 18.5 Å². The summed E-state index contributed by atoms with van der Waals surface area (Å²) >= 11 is 10.2. The van der Waals surface area contributed by atoms with E-state index in [1.807, 2.05) is 6.08 Å². The average molecular weight is 348 g/mol. The molecule has 2 unspecified atom stereocenters. The molecule has 4 heteroatoms. The molecule has 0 aromatic rings. The van der Waals surface area contributed by atoms with Crippen LogP contribution in [0.4, 0.5) is 0 Å². The molecule has 2 aliphatic rings. The highest BCUT2D eigenvalue weighted by Gasteiger charge is 2.43. The number of halogens is 2. The number of hydrogen-bond acceptors (Lipinski definition) is 2. The lowest BCUT2D eigenvalue weighted by Crippen LogP contribution is -2.37. The number of rotatable bonds is 3. The van der Waals surface area contributed by atoms with Gasteiger partial charge in [-0.05, 0) is 25.3 Å². The maximum absolute atomic E-state index is 6.47. The normalized spacial score (nSPS) is 42.8. The molecule has 0 aromatic heterocycles. The van der Waals surface area contributed by atoms with Crippen molar-refractivity contribution in [2.24, 2.45) is 0 Å². The van der Waals surface area contributed by atoms with E-state index in [2.05, 4.69) is 28.8 Å². The lowest BCUT2D eigenvalue weighted by Gasteiger charge is -2.30. The average Bonchev–Trinajstić information content (AvgIpc) is 2.79. The van der Waals surface area contributed by atoms with Crippen LogP contribution >= 0.6 is 27.5 Å². The monoisotopic (exact) mass is 346 g/mol. The van der Waals surface area contributed by atoms with Crippen LogP contribution < -0.4 is 0 Å². The zero-order valence-corrected chi connectivity index (χ0v) is 13.4. The maximum Gasteiger partial charge on any atom is 0.0876 e. The molecule has 2 rings (SSSR count). The summed E-state index contributed by atoms with van der Waals surface area (Å²) in [6, 6.07) is 0. The number of allylic oxidation sites excluding steroid dienone is 1. The Kier molecular flexibility index (Phi) is 5.77. The van der Waals surface area contributed by atoms with Gasteiger partial charge in [-0.1, -0.05) is 34.9 Å². The molecule has 0 aliphatic carbocycles. The summed E-state index contributed by atoms with van der Waals surface area (Å²) in [5, 5.41) is 0.0476. The largest absolute Gasteiger partial charge is 0.371 e. The Morgan fingerprint density at radius 1 is 1.32 bits per heavy atom. The van der Waals surface area contributed by atoms with Crippen molar-refractivity contribution in [1.29, 1.82) is 0 Å². The van der Waals surface area contributed by atoms with Gasteiger partial charge < -0.3 is 9.47 Å². The van der Waals surface area contributed by atoms with Crippen LogP contribution in [0.1, 0.15) is 32.6 Å². The summed E-state index contributed by atoms with van der Waals surface area (Å²) in [5.74, 6) is 2.50. The van der Waals surface area contributed by atoms with Crippen molar-refractivity contribution in [3.63, 3.8) is 0 Å². The molecule has 6 atom stereocenters. The molecule has 0 radical (unpaired) electrons. The SMILES string of the molecule is C#C/C=C/CC1O[C@H]2C[C@@H]1OC(CC)[C@@H](Br)C[C@@H]2Cl. The lowest BCUT2D eigenvalue weighted by atomic mass is 9.99. The van der Waals surface area contributed by atoms with E-state index < -0.39 is 0 Å². The van der Waals surface area contributed by atoms with Gasteiger partial charge in [-0.3, -0.25) is 0 Å².